The van der Waals surface area contributed by atoms with Gasteiger partial charge in [-0.3, -0.25) is 4.99 Å². The summed E-state index contributed by atoms with van der Waals surface area (Å²) >= 11 is 0. The van der Waals surface area contributed by atoms with E-state index in [2.05, 4.69) is 23.9 Å². The number of aliphatic imine (C=N–C) groups is 1. The van der Waals surface area contributed by atoms with Gasteiger partial charge < -0.3 is 4.90 Å². The molecule has 0 unspecified atom stereocenters. The molecule has 0 aromatic heterocycles. The Kier molecular flexibility index (Phi) is 1.22. The van der Waals surface area contributed by atoms with Gasteiger partial charge in [0.05, 0.1) is 17.9 Å². The molecule has 0 amide bonds. The van der Waals surface area contributed by atoms with Crippen molar-refractivity contribution < 1.29 is 0 Å². The van der Waals surface area contributed by atoms with Crippen LogP contribution in [0.15, 0.2) is 4.99 Å². The minimum Gasteiger partial charge on any atom is -0.359 e. The quantitative estimate of drug-likeness (QED) is 0.492. The van der Waals surface area contributed by atoms with Crippen molar-refractivity contribution in [2.45, 2.75) is 38.3 Å². The molecule has 1 fully saturated rings. The van der Waals surface area contributed by atoms with E-state index in [1.165, 1.54) is 25.1 Å². The van der Waals surface area contributed by atoms with Crippen molar-refractivity contribution in [1.82, 2.24) is 4.90 Å². The molecule has 0 spiro atoms. The van der Waals surface area contributed by atoms with E-state index >= 15 is 0 Å². The summed E-state index contributed by atoms with van der Waals surface area (Å²) in [6.07, 6.45) is 4.03. The molecule has 0 aromatic carbocycles. The second-order valence-electron chi connectivity index (χ2n) is 3.35. The van der Waals surface area contributed by atoms with E-state index in [-0.39, 0.29) is 0 Å². The summed E-state index contributed by atoms with van der Waals surface area (Å²) in [6, 6.07) is 1.39. The molecule has 2 rings (SSSR count). The standard InChI is InChI=1S/C8H14N2/c1-6-9-7-4-3-5-8(7)10(6)2/h7-8H,3-5H2,1-2H3/t7-,8-/m0/s1. The first kappa shape index (κ1) is 6.20. The third-order valence-electron chi connectivity index (χ3n) is 2.80. The van der Waals surface area contributed by atoms with E-state index < -0.39 is 0 Å². The lowest BCUT2D eigenvalue weighted by atomic mass is 10.2. The monoisotopic (exact) mass is 138 g/mol. The van der Waals surface area contributed by atoms with Crippen molar-refractivity contribution in [3.63, 3.8) is 0 Å². The zero-order chi connectivity index (χ0) is 7.14. The highest BCUT2D eigenvalue weighted by Crippen LogP contribution is 2.30. The van der Waals surface area contributed by atoms with Gasteiger partial charge in [-0.25, -0.2) is 0 Å². The number of hydrogen-bond acceptors (Lipinski definition) is 2. The van der Waals surface area contributed by atoms with Crippen LogP contribution in [-0.4, -0.2) is 29.9 Å². The van der Waals surface area contributed by atoms with Crippen LogP contribution in [0.2, 0.25) is 0 Å². The predicted molar refractivity (Wildman–Crippen MR) is 42.3 cm³/mol. The summed E-state index contributed by atoms with van der Waals surface area (Å²) in [5.41, 5.74) is 0. The van der Waals surface area contributed by atoms with Gasteiger partial charge in [-0.15, -0.1) is 0 Å². The van der Waals surface area contributed by atoms with E-state index in [1.807, 2.05) is 0 Å². The fourth-order valence-electron chi connectivity index (χ4n) is 2.09. The topological polar surface area (TPSA) is 15.6 Å². The maximum atomic E-state index is 4.57. The Morgan fingerprint density at radius 1 is 1.50 bits per heavy atom. The molecule has 1 saturated carbocycles. The highest BCUT2D eigenvalue weighted by atomic mass is 15.3. The van der Waals surface area contributed by atoms with Gasteiger partial charge in [-0.1, -0.05) is 0 Å². The number of hydrogen-bond donors (Lipinski definition) is 0. The highest BCUT2D eigenvalue weighted by Gasteiger charge is 2.35. The first-order valence-corrected chi connectivity index (χ1v) is 4.06. The normalized spacial score (nSPS) is 38.2. The third-order valence-corrected chi connectivity index (χ3v) is 2.80. The van der Waals surface area contributed by atoms with Gasteiger partial charge in [0.25, 0.3) is 0 Å². The van der Waals surface area contributed by atoms with Crippen LogP contribution in [-0.2, 0) is 0 Å². The van der Waals surface area contributed by atoms with Crippen molar-refractivity contribution in [3.05, 3.63) is 0 Å². The maximum Gasteiger partial charge on any atom is 0.0962 e. The summed E-state index contributed by atoms with van der Waals surface area (Å²) in [5, 5.41) is 0. The summed E-state index contributed by atoms with van der Waals surface area (Å²) in [5.74, 6) is 1.23. The fraction of sp³-hybridized carbons (Fsp3) is 0.875. The van der Waals surface area contributed by atoms with Crippen LogP contribution in [0.5, 0.6) is 0 Å². The van der Waals surface area contributed by atoms with Crippen LogP contribution in [0.25, 0.3) is 0 Å². The molecule has 2 aliphatic rings. The van der Waals surface area contributed by atoms with E-state index in [4.69, 9.17) is 0 Å². The van der Waals surface area contributed by atoms with E-state index in [0.717, 1.165) is 6.04 Å². The average Bonchev–Trinajstić information content (AvgIpc) is 2.41. The molecule has 0 radical (unpaired) electrons. The van der Waals surface area contributed by atoms with Crippen molar-refractivity contribution in [2.24, 2.45) is 4.99 Å². The summed E-state index contributed by atoms with van der Waals surface area (Å²) in [4.78, 5) is 6.91. The molecule has 1 heterocycles. The predicted octanol–water partition coefficient (Wildman–Crippen LogP) is 1.27. The second-order valence-corrected chi connectivity index (χ2v) is 3.35. The first-order valence-electron chi connectivity index (χ1n) is 4.06. The van der Waals surface area contributed by atoms with Crippen LogP contribution < -0.4 is 0 Å². The van der Waals surface area contributed by atoms with Crippen LogP contribution >= 0.6 is 0 Å². The lowest BCUT2D eigenvalue weighted by Crippen LogP contribution is -2.32. The van der Waals surface area contributed by atoms with E-state index in [9.17, 15) is 0 Å². The SMILES string of the molecule is CC1=N[C@H]2CCC[C@@H]2N1C. The third kappa shape index (κ3) is 0.678. The molecule has 0 N–H and O–H groups in total. The van der Waals surface area contributed by atoms with Crippen LogP contribution in [0.1, 0.15) is 26.2 Å². The van der Waals surface area contributed by atoms with Crippen LogP contribution in [0.3, 0.4) is 0 Å². The Labute approximate surface area is 61.9 Å². The van der Waals surface area contributed by atoms with Crippen molar-refractivity contribution >= 4 is 5.84 Å². The molecule has 0 saturated heterocycles. The van der Waals surface area contributed by atoms with Gasteiger partial charge in [0.2, 0.25) is 0 Å². The maximum absolute atomic E-state index is 4.57. The number of rotatable bonds is 0. The summed E-state index contributed by atoms with van der Waals surface area (Å²) in [6.45, 7) is 2.11. The van der Waals surface area contributed by atoms with Crippen molar-refractivity contribution in [2.75, 3.05) is 7.05 Å². The highest BCUT2D eigenvalue weighted by molar-refractivity contribution is 5.82. The van der Waals surface area contributed by atoms with Gasteiger partial charge in [-0.05, 0) is 26.2 Å². The van der Waals surface area contributed by atoms with Crippen molar-refractivity contribution in [1.29, 1.82) is 0 Å². The van der Waals surface area contributed by atoms with E-state index in [1.54, 1.807) is 0 Å². The molecule has 0 aromatic rings. The van der Waals surface area contributed by atoms with Crippen LogP contribution in [0, 0.1) is 0 Å². The number of amidine groups is 1. The Hall–Kier alpha value is -0.530. The Balaban J connectivity index is 2.20. The zero-order valence-corrected chi connectivity index (χ0v) is 6.67. The molecule has 10 heavy (non-hydrogen) atoms. The molecule has 1 aliphatic carbocycles. The van der Waals surface area contributed by atoms with Gasteiger partial charge in [0.1, 0.15) is 0 Å². The van der Waals surface area contributed by atoms with Gasteiger partial charge in [0, 0.05) is 7.05 Å². The molecule has 1 aliphatic heterocycles. The second kappa shape index (κ2) is 1.97. The van der Waals surface area contributed by atoms with Gasteiger partial charge in [-0.2, -0.15) is 0 Å². The molecular weight excluding hydrogens is 124 g/mol. The lowest BCUT2D eigenvalue weighted by Gasteiger charge is -2.19. The number of likely N-dealkylation sites (N-methyl/N-ethyl adjacent to an activating group) is 1. The largest absolute Gasteiger partial charge is 0.359 e. The number of nitrogens with zero attached hydrogens (tertiary/aromatic N) is 2. The first-order chi connectivity index (χ1) is 4.79. The smallest absolute Gasteiger partial charge is 0.0962 e. The fourth-order valence-corrected chi connectivity index (χ4v) is 2.09. The zero-order valence-electron chi connectivity index (χ0n) is 6.67. The molecule has 2 heteroatoms. The Bertz CT molecular complexity index is 174. The Morgan fingerprint density at radius 2 is 2.30 bits per heavy atom. The lowest BCUT2D eigenvalue weighted by molar-refractivity contribution is 0.379. The molecular formula is C8H14N2. The number of fused-ring (bicyclic) bond motifs is 1. The minimum atomic E-state index is 0.644. The minimum absolute atomic E-state index is 0.644. The molecule has 56 valence electrons. The molecule has 0 bridgehead atoms. The van der Waals surface area contributed by atoms with Gasteiger partial charge in [0.15, 0.2) is 0 Å². The summed E-state index contributed by atoms with van der Waals surface area (Å²) in [7, 11) is 2.16. The van der Waals surface area contributed by atoms with Crippen molar-refractivity contribution in [3.8, 4) is 0 Å². The Morgan fingerprint density at radius 3 is 3.00 bits per heavy atom. The van der Waals surface area contributed by atoms with Gasteiger partial charge >= 0.3 is 0 Å². The molecule has 2 atom stereocenters. The summed E-state index contributed by atoms with van der Waals surface area (Å²) < 4.78 is 0. The average molecular weight is 138 g/mol. The molecule has 2 nitrogen and oxygen atoms in total. The van der Waals surface area contributed by atoms with Crippen LogP contribution in [0.4, 0.5) is 0 Å². The van der Waals surface area contributed by atoms with E-state index in [0.29, 0.717) is 6.04 Å².